The number of carbonyl (C=O) groups excluding carboxylic acids is 2. The number of carbonyl (C=O) groups is 2. The third-order valence-electron chi connectivity index (χ3n) is 3.57. The van der Waals surface area contributed by atoms with Gasteiger partial charge in [-0.05, 0) is 31.2 Å². The fourth-order valence-corrected chi connectivity index (χ4v) is 2.20. The lowest BCUT2D eigenvalue weighted by Crippen LogP contribution is -2.86. The largest absolute Gasteiger partial charge is 0.465 e. The van der Waals surface area contributed by atoms with E-state index in [1.165, 1.54) is 12.7 Å². The summed E-state index contributed by atoms with van der Waals surface area (Å²) >= 11 is 0. The van der Waals surface area contributed by atoms with E-state index in [2.05, 4.69) is 17.0 Å². The number of anilines is 1. The first kappa shape index (κ1) is 16.7. The first-order chi connectivity index (χ1) is 11.1. The molecular weight excluding hydrogens is 292 g/mol. The summed E-state index contributed by atoms with van der Waals surface area (Å²) in [5, 5.41) is 4.79. The van der Waals surface area contributed by atoms with Crippen LogP contribution in [0.1, 0.15) is 28.9 Å². The highest BCUT2D eigenvalue weighted by molar-refractivity contribution is 5.93. The summed E-state index contributed by atoms with van der Waals surface area (Å²) in [4.78, 5) is 23.3. The number of nitrogens with two attached hydrogens (primary N) is 1. The van der Waals surface area contributed by atoms with E-state index in [1.54, 1.807) is 24.3 Å². The van der Waals surface area contributed by atoms with Gasteiger partial charge in [0.05, 0.1) is 12.7 Å². The molecule has 0 heterocycles. The van der Waals surface area contributed by atoms with Gasteiger partial charge in [0.2, 0.25) is 0 Å². The number of methoxy groups -OCH3 is 1. The SMILES string of the molecule is COC(=O)c1ccc(NC(=O)C[NH2+][C@H](C)c2ccccc2)cc1. The molecule has 0 fully saturated rings. The molecule has 0 aliphatic heterocycles. The summed E-state index contributed by atoms with van der Waals surface area (Å²) in [5.74, 6) is -0.480. The molecule has 0 saturated heterocycles. The van der Waals surface area contributed by atoms with Gasteiger partial charge in [0, 0.05) is 11.3 Å². The molecule has 2 aromatic rings. The topological polar surface area (TPSA) is 72.0 Å². The van der Waals surface area contributed by atoms with Crippen molar-refractivity contribution in [2.75, 3.05) is 19.0 Å². The zero-order chi connectivity index (χ0) is 16.7. The van der Waals surface area contributed by atoms with Crippen LogP contribution in [0, 0.1) is 0 Å². The maximum absolute atomic E-state index is 12.0. The number of benzene rings is 2. The zero-order valence-corrected chi connectivity index (χ0v) is 13.3. The minimum atomic E-state index is -0.395. The molecule has 1 amide bonds. The second-order valence-corrected chi connectivity index (χ2v) is 5.26. The Kier molecular flexibility index (Phi) is 5.88. The van der Waals surface area contributed by atoms with Gasteiger partial charge in [0.15, 0.2) is 6.54 Å². The van der Waals surface area contributed by atoms with Gasteiger partial charge in [-0.15, -0.1) is 0 Å². The predicted octanol–water partition coefficient (Wildman–Crippen LogP) is 1.74. The minimum Gasteiger partial charge on any atom is -0.465 e. The normalized spacial score (nSPS) is 11.6. The van der Waals surface area contributed by atoms with Gasteiger partial charge in [0.25, 0.3) is 5.91 Å². The second kappa shape index (κ2) is 8.10. The van der Waals surface area contributed by atoms with Crippen LogP contribution in [0.2, 0.25) is 0 Å². The molecule has 0 unspecified atom stereocenters. The number of ether oxygens (including phenoxy) is 1. The highest BCUT2D eigenvalue weighted by atomic mass is 16.5. The smallest absolute Gasteiger partial charge is 0.337 e. The van der Waals surface area contributed by atoms with Crippen molar-refractivity contribution >= 4 is 17.6 Å². The van der Waals surface area contributed by atoms with E-state index >= 15 is 0 Å². The third-order valence-corrected chi connectivity index (χ3v) is 3.57. The maximum atomic E-state index is 12.0. The molecule has 0 aromatic heterocycles. The average Bonchev–Trinajstić information content (AvgIpc) is 2.60. The molecule has 2 aromatic carbocycles. The van der Waals surface area contributed by atoms with Crippen LogP contribution in [0.5, 0.6) is 0 Å². The Morgan fingerprint density at radius 2 is 1.74 bits per heavy atom. The molecule has 120 valence electrons. The van der Waals surface area contributed by atoms with Crippen molar-refractivity contribution in [1.29, 1.82) is 0 Å². The van der Waals surface area contributed by atoms with Crippen LogP contribution in [0.4, 0.5) is 5.69 Å². The van der Waals surface area contributed by atoms with Crippen molar-refractivity contribution in [3.63, 3.8) is 0 Å². The van der Waals surface area contributed by atoms with Gasteiger partial charge in [-0.25, -0.2) is 4.79 Å². The third kappa shape index (κ3) is 4.93. The first-order valence-corrected chi connectivity index (χ1v) is 7.46. The van der Waals surface area contributed by atoms with Crippen molar-refractivity contribution in [3.05, 3.63) is 65.7 Å². The number of nitrogens with one attached hydrogen (secondary N) is 1. The number of hydrogen-bond donors (Lipinski definition) is 2. The Morgan fingerprint density at radius 3 is 2.35 bits per heavy atom. The van der Waals surface area contributed by atoms with Gasteiger partial charge in [-0.3, -0.25) is 4.79 Å². The lowest BCUT2D eigenvalue weighted by Gasteiger charge is -2.11. The van der Waals surface area contributed by atoms with Crippen molar-refractivity contribution in [1.82, 2.24) is 0 Å². The number of rotatable bonds is 6. The van der Waals surface area contributed by atoms with Gasteiger partial charge >= 0.3 is 5.97 Å². The summed E-state index contributed by atoms with van der Waals surface area (Å²) in [5.41, 5.74) is 2.29. The quantitative estimate of drug-likeness (QED) is 0.798. The van der Waals surface area contributed by atoms with Crippen molar-refractivity contribution in [2.24, 2.45) is 0 Å². The van der Waals surface area contributed by atoms with Crippen molar-refractivity contribution < 1.29 is 19.6 Å². The van der Waals surface area contributed by atoms with Gasteiger partial charge in [0.1, 0.15) is 6.04 Å². The van der Waals surface area contributed by atoms with E-state index in [1.807, 2.05) is 35.6 Å². The highest BCUT2D eigenvalue weighted by Gasteiger charge is 2.11. The van der Waals surface area contributed by atoms with E-state index in [0.717, 1.165) is 0 Å². The molecule has 5 heteroatoms. The van der Waals surface area contributed by atoms with Crippen LogP contribution in [-0.4, -0.2) is 25.5 Å². The minimum absolute atomic E-state index is 0.0846. The molecule has 23 heavy (non-hydrogen) atoms. The van der Waals surface area contributed by atoms with Crippen LogP contribution >= 0.6 is 0 Å². The summed E-state index contributed by atoms with van der Waals surface area (Å²) in [6.07, 6.45) is 0. The fourth-order valence-electron chi connectivity index (χ4n) is 2.20. The lowest BCUT2D eigenvalue weighted by atomic mass is 10.1. The first-order valence-electron chi connectivity index (χ1n) is 7.46. The van der Waals surface area contributed by atoms with Crippen LogP contribution < -0.4 is 10.6 Å². The molecular formula is C18H21N2O3+. The van der Waals surface area contributed by atoms with Gasteiger partial charge < -0.3 is 15.4 Å². The second-order valence-electron chi connectivity index (χ2n) is 5.26. The van der Waals surface area contributed by atoms with Crippen molar-refractivity contribution in [3.8, 4) is 0 Å². The van der Waals surface area contributed by atoms with E-state index in [9.17, 15) is 9.59 Å². The Morgan fingerprint density at radius 1 is 1.09 bits per heavy atom. The Labute approximate surface area is 135 Å². The number of amides is 1. The molecule has 0 radical (unpaired) electrons. The van der Waals surface area contributed by atoms with E-state index < -0.39 is 5.97 Å². The molecule has 0 saturated carbocycles. The molecule has 0 bridgehead atoms. The molecule has 1 atom stereocenters. The lowest BCUT2D eigenvalue weighted by molar-refractivity contribution is -0.682. The number of quaternary nitrogens is 1. The average molecular weight is 313 g/mol. The highest BCUT2D eigenvalue weighted by Crippen LogP contribution is 2.10. The molecule has 2 rings (SSSR count). The molecule has 0 aliphatic rings. The molecule has 3 N–H and O–H groups in total. The monoisotopic (exact) mass is 313 g/mol. The van der Waals surface area contributed by atoms with Gasteiger partial charge in [-0.2, -0.15) is 0 Å². The summed E-state index contributed by atoms with van der Waals surface area (Å²) in [6.45, 7) is 2.39. The van der Waals surface area contributed by atoms with Crippen molar-refractivity contribution in [2.45, 2.75) is 13.0 Å². The maximum Gasteiger partial charge on any atom is 0.337 e. The van der Waals surface area contributed by atoms with Crippen LogP contribution in [0.25, 0.3) is 0 Å². The molecule has 0 spiro atoms. The van der Waals surface area contributed by atoms with Crippen LogP contribution in [-0.2, 0) is 9.53 Å². The Balaban J connectivity index is 1.84. The van der Waals surface area contributed by atoms with E-state index in [4.69, 9.17) is 0 Å². The Hall–Kier alpha value is -2.66. The fraction of sp³-hybridized carbons (Fsp3) is 0.222. The van der Waals surface area contributed by atoms with E-state index in [-0.39, 0.29) is 11.9 Å². The molecule has 5 nitrogen and oxygen atoms in total. The van der Waals surface area contributed by atoms with E-state index in [0.29, 0.717) is 17.8 Å². The van der Waals surface area contributed by atoms with Gasteiger partial charge in [-0.1, -0.05) is 30.3 Å². The number of hydrogen-bond acceptors (Lipinski definition) is 3. The zero-order valence-electron chi connectivity index (χ0n) is 13.3. The predicted molar refractivity (Wildman–Crippen MR) is 88.1 cm³/mol. The van der Waals surface area contributed by atoms with Crippen LogP contribution in [0.3, 0.4) is 0 Å². The summed E-state index contributed by atoms with van der Waals surface area (Å²) < 4.78 is 4.63. The summed E-state index contributed by atoms with van der Waals surface area (Å²) in [7, 11) is 1.34. The summed E-state index contributed by atoms with van der Waals surface area (Å²) in [6, 6.07) is 16.9. The Bertz CT molecular complexity index is 654. The standard InChI is InChI=1S/C18H20N2O3/c1-13(14-6-4-3-5-7-14)19-12-17(21)20-16-10-8-15(9-11-16)18(22)23-2/h3-11,13,19H,12H2,1-2H3,(H,20,21)/p+1/t13-/m1/s1. The molecule has 0 aliphatic carbocycles. The number of esters is 1. The van der Waals surface area contributed by atoms with Crippen LogP contribution in [0.15, 0.2) is 54.6 Å².